The largest absolute Gasteiger partial charge is 0.456 e. The van der Waals surface area contributed by atoms with E-state index in [0.29, 0.717) is 18.6 Å². The van der Waals surface area contributed by atoms with Gasteiger partial charge in [-0.3, -0.25) is 9.69 Å². The number of nitrogens with one attached hydrogen (secondary N) is 1. The molecule has 9 heteroatoms. The van der Waals surface area contributed by atoms with Crippen molar-refractivity contribution >= 4 is 16.8 Å². The first kappa shape index (κ1) is 24.2. The lowest BCUT2D eigenvalue weighted by Crippen LogP contribution is -2.36. The number of carbonyl (C=O) groups is 1. The number of fused-ring (bicyclic) bond motifs is 1. The van der Waals surface area contributed by atoms with Crippen LogP contribution in [0.2, 0.25) is 0 Å². The predicted molar refractivity (Wildman–Crippen MR) is 122 cm³/mol. The van der Waals surface area contributed by atoms with E-state index in [1.807, 2.05) is 13.0 Å². The second kappa shape index (κ2) is 10.6. The number of morpholine rings is 1. The van der Waals surface area contributed by atoms with Crippen LogP contribution in [-0.2, 0) is 22.1 Å². The third-order valence-electron chi connectivity index (χ3n) is 5.98. The number of rotatable bonds is 9. The van der Waals surface area contributed by atoms with Crippen molar-refractivity contribution in [2.45, 2.75) is 38.8 Å². The van der Waals surface area contributed by atoms with Crippen molar-refractivity contribution in [1.29, 1.82) is 0 Å². The number of aryl methyl sites for hydroxylation is 1. The van der Waals surface area contributed by atoms with Gasteiger partial charge in [0.1, 0.15) is 22.9 Å². The summed E-state index contributed by atoms with van der Waals surface area (Å²) in [5, 5.41) is -0.106. The molecule has 3 heterocycles. The third kappa shape index (κ3) is 5.95. The topological polar surface area (TPSA) is 67.5 Å². The quantitative estimate of drug-likeness (QED) is 0.426. The van der Waals surface area contributed by atoms with Crippen molar-refractivity contribution in [2.24, 2.45) is 0 Å². The first-order valence-corrected chi connectivity index (χ1v) is 11.4. The number of halogens is 3. The maximum Gasteiger partial charge on any atom is 0.418 e. The van der Waals surface area contributed by atoms with E-state index >= 15 is 0 Å². The minimum atomic E-state index is -4.53. The summed E-state index contributed by atoms with van der Waals surface area (Å²) in [5.41, 5.74) is 0.893. The highest BCUT2D eigenvalue weighted by molar-refractivity contribution is 5.87. The lowest BCUT2D eigenvalue weighted by Gasteiger charge is -2.26. The van der Waals surface area contributed by atoms with E-state index in [1.165, 1.54) is 12.3 Å². The average molecular weight is 476 g/mol. The molecule has 2 aromatic heterocycles. The van der Waals surface area contributed by atoms with E-state index in [-0.39, 0.29) is 22.6 Å². The van der Waals surface area contributed by atoms with Crippen LogP contribution in [0.4, 0.5) is 13.2 Å². The number of ether oxygens (including phenoxy) is 2. The summed E-state index contributed by atoms with van der Waals surface area (Å²) in [6, 6.07) is 6.75. The SMILES string of the molecule is Cc1cc(CC(=O)CCCCN2CCOCC2)ccc1Oc1ccnc2[nH]cc(C(F)(F)F)c12. The Labute approximate surface area is 196 Å². The van der Waals surface area contributed by atoms with Gasteiger partial charge in [-0.2, -0.15) is 13.2 Å². The Morgan fingerprint density at radius 2 is 1.97 bits per heavy atom. The molecule has 1 aliphatic rings. The van der Waals surface area contributed by atoms with Crippen LogP contribution in [0.25, 0.3) is 11.0 Å². The van der Waals surface area contributed by atoms with Crippen molar-refractivity contribution in [3.05, 3.63) is 53.3 Å². The number of hydrogen-bond acceptors (Lipinski definition) is 5. The first-order valence-electron chi connectivity index (χ1n) is 11.4. The number of H-pyrrole nitrogens is 1. The second-order valence-electron chi connectivity index (χ2n) is 8.56. The number of ketones is 1. The third-order valence-corrected chi connectivity index (χ3v) is 5.98. The van der Waals surface area contributed by atoms with Crippen LogP contribution in [0, 0.1) is 6.92 Å². The number of alkyl halides is 3. The number of aromatic nitrogens is 2. The monoisotopic (exact) mass is 475 g/mol. The maximum atomic E-state index is 13.4. The lowest BCUT2D eigenvalue weighted by atomic mass is 10.0. The molecule has 1 fully saturated rings. The number of Topliss-reactive ketones (excluding diaryl/α,β-unsaturated/α-hetero) is 1. The molecule has 6 nitrogen and oxygen atoms in total. The fourth-order valence-corrected chi connectivity index (χ4v) is 4.19. The Balaban J connectivity index is 1.35. The van der Waals surface area contributed by atoms with Crippen LogP contribution in [0.15, 0.2) is 36.7 Å². The van der Waals surface area contributed by atoms with Gasteiger partial charge in [0.25, 0.3) is 0 Å². The average Bonchev–Trinajstić information content (AvgIpc) is 3.25. The van der Waals surface area contributed by atoms with Crippen LogP contribution < -0.4 is 4.74 Å². The Morgan fingerprint density at radius 1 is 1.18 bits per heavy atom. The summed E-state index contributed by atoms with van der Waals surface area (Å²) < 4.78 is 51.4. The highest BCUT2D eigenvalue weighted by Crippen LogP contribution is 2.40. The van der Waals surface area contributed by atoms with Crippen molar-refractivity contribution in [2.75, 3.05) is 32.8 Å². The van der Waals surface area contributed by atoms with Gasteiger partial charge in [-0.15, -0.1) is 0 Å². The van der Waals surface area contributed by atoms with E-state index in [0.717, 1.165) is 63.0 Å². The van der Waals surface area contributed by atoms with Gasteiger partial charge in [-0.05, 0) is 49.6 Å². The van der Waals surface area contributed by atoms with E-state index < -0.39 is 11.7 Å². The van der Waals surface area contributed by atoms with Crippen molar-refractivity contribution in [1.82, 2.24) is 14.9 Å². The van der Waals surface area contributed by atoms with Gasteiger partial charge in [-0.1, -0.05) is 12.1 Å². The van der Waals surface area contributed by atoms with E-state index in [9.17, 15) is 18.0 Å². The van der Waals surface area contributed by atoms with Crippen LogP contribution >= 0.6 is 0 Å². The summed E-state index contributed by atoms with van der Waals surface area (Å²) in [7, 11) is 0. The van der Waals surface area contributed by atoms with Crippen LogP contribution in [0.3, 0.4) is 0 Å². The van der Waals surface area contributed by atoms with Crippen molar-refractivity contribution in [3.8, 4) is 11.5 Å². The molecule has 0 aliphatic carbocycles. The summed E-state index contributed by atoms with van der Waals surface area (Å²) in [6.45, 7) is 6.26. The van der Waals surface area contributed by atoms with Crippen LogP contribution in [0.1, 0.15) is 36.0 Å². The molecule has 4 rings (SSSR count). The molecule has 0 unspecified atom stereocenters. The predicted octanol–water partition coefficient (Wildman–Crippen LogP) is 5.30. The molecule has 1 N–H and O–H groups in total. The van der Waals surface area contributed by atoms with Crippen LogP contribution in [0.5, 0.6) is 11.5 Å². The van der Waals surface area contributed by atoms with Gasteiger partial charge in [0.15, 0.2) is 0 Å². The molecular weight excluding hydrogens is 447 g/mol. The number of pyridine rings is 1. The molecule has 182 valence electrons. The molecule has 0 spiro atoms. The second-order valence-corrected chi connectivity index (χ2v) is 8.56. The zero-order valence-corrected chi connectivity index (χ0v) is 19.1. The fraction of sp³-hybridized carbons (Fsp3) is 0.440. The first-order chi connectivity index (χ1) is 16.3. The molecule has 1 saturated heterocycles. The van der Waals surface area contributed by atoms with Gasteiger partial charge < -0.3 is 14.5 Å². The Bertz CT molecular complexity index is 1140. The molecule has 1 aliphatic heterocycles. The number of benzene rings is 1. The zero-order chi connectivity index (χ0) is 24.1. The molecule has 3 aromatic rings. The molecule has 0 bridgehead atoms. The molecule has 0 saturated carbocycles. The minimum absolute atomic E-state index is 0.0748. The zero-order valence-electron chi connectivity index (χ0n) is 19.1. The fourth-order valence-electron chi connectivity index (χ4n) is 4.19. The molecule has 0 amide bonds. The normalized spacial score (nSPS) is 15.1. The maximum absolute atomic E-state index is 13.4. The molecule has 1 aromatic carbocycles. The summed E-state index contributed by atoms with van der Waals surface area (Å²) in [5.74, 6) is 0.683. The number of unbranched alkanes of at least 4 members (excludes halogenated alkanes) is 1. The minimum Gasteiger partial charge on any atom is -0.456 e. The Morgan fingerprint density at radius 3 is 2.71 bits per heavy atom. The van der Waals surface area contributed by atoms with Gasteiger partial charge in [0.2, 0.25) is 0 Å². The Kier molecular flexibility index (Phi) is 7.53. The van der Waals surface area contributed by atoms with Crippen LogP contribution in [-0.4, -0.2) is 53.5 Å². The van der Waals surface area contributed by atoms with Crippen molar-refractivity contribution < 1.29 is 27.4 Å². The molecule has 0 atom stereocenters. The molecule has 34 heavy (non-hydrogen) atoms. The smallest absolute Gasteiger partial charge is 0.418 e. The van der Waals surface area contributed by atoms with Crippen molar-refractivity contribution in [3.63, 3.8) is 0 Å². The van der Waals surface area contributed by atoms with E-state index in [4.69, 9.17) is 9.47 Å². The van der Waals surface area contributed by atoms with Gasteiger partial charge in [0.05, 0.1) is 24.2 Å². The van der Waals surface area contributed by atoms with Gasteiger partial charge >= 0.3 is 6.18 Å². The number of carbonyl (C=O) groups excluding carboxylic acids is 1. The summed E-state index contributed by atoms with van der Waals surface area (Å²) in [4.78, 5) is 21.3. The number of nitrogens with zero attached hydrogens (tertiary/aromatic N) is 2. The Hall–Kier alpha value is -2.91. The molecular formula is C25H28F3N3O3. The van der Waals surface area contributed by atoms with E-state index in [2.05, 4.69) is 14.9 Å². The summed E-state index contributed by atoms with van der Waals surface area (Å²) in [6.07, 6.45) is 0.464. The number of aromatic amines is 1. The summed E-state index contributed by atoms with van der Waals surface area (Å²) >= 11 is 0. The highest BCUT2D eigenvalue weighted by atomic mass is 19.4. The van der Waals surface area contributed by atoms with Gasteiger partial charge in [-0.25, -0.2) is 4.98 Å². The number of hydrogen-bond donors (Lipinski definition) is 1. The molecule has 0 radical (unpaired) electrons. The standard InChI is InChI=1S/C25H28F3N3O3/c1-17-14-18(15-19(32)4-2-3-9-31-10-12-33-13-11-31)5-6-21(17)34-22-7-8-29-24-23(22)20(16-30-24)25(26,27)28/h5-8,14,16H,2-4,9-13,15H2,1H3,(H,29,30). The van der Waals surface area contributed by atoms with E-state index in [1.54, 1.807) is 12.1 Å². The lowest BCUT2D eigenvalue weighted by molar-refractivity contribution is -0.136. The van der Waals surface area contributed by atoms with Gasteiger partial charge in [0, 0.05) is 38.3 Å². The highest BCUT2D eigenvalue weighted by Gasteiger charge is 2.35.